The maximum Gasteiger partial charge on any atom is 0.290 e. The molecule has 0 bridgehead atoms. The summed E-state index contributed by atoms with van der Waals surface area (Å²) in [5, 5.41) is 8.18. The van der Waals surface area contributed by atoms with E-state index in [1.54, 1.807) is 0 Å². The van der Waals surface area contributed by atoms with Gasteiger partial charge in [0.15, 0.2) is 0 Å². The molecule has 0 saturated heterocycles. The van der Waals surface area contributed by atoms with E-state index >= 15 is 0 Å². The molecule has 1 unspecified atom stereocenters. The molecule has 4 N–H and O–H groups in total. The van der Waals surface area contributed by atoms with Crippen molar-refractivity contribution in [3.05, 3.63) is 36.0 Å². The molecule has 1 atom stereocenters. The minimum absolute atomic E-state index is 0.221. The zero-order valence-electron chi connectivity index (χ0n) is 11.2. The molecule has 18 heavy (non-hydrogen) atoms. The molecule has 1 aromatic heterocycles. The average molecular weight is 250 g/mol. The van der Waals surface area contributed by atoms with Crippen LogP contribution in [0.3, 0.4) is 0 Å². The maximum absolute atomic E-state index is 8.36. The van der Waals surface area contributed by atoms with Crippen molar-refractivity contribution in [2.24, 2.45) is 5.73 Å². The summed E-state index contributed by atoms with van der Waals surface area (Å²) in [6.07, 6.45) is 2.98. The molecular formula is C14H22N2O2. The van der Waals surface area contributed by atoms with Crippen LogP contribution in [0.1, 0.15) is 26.3 Å². The number of fused-ring (bicyclic) bond motifs is 1. The number of aromatic nitrogens is 1. The average Bonchev–Trinajstić information content (AvgIpc) is 2.76. The normalized spacial score (nSPS) is 10.7. The first-order valence-corrected chi connectivity index (χ1v) is 6.07. The topological polar surface area (TPSA) is 79.1 Å². The summed E-state index contributed by atoms with van der Waals surface area (Å²) < 4.78 is 0. The third kappa shape index (κ3) is 5.01. The molecule has 4 nitrogen and oxygen atoms in total. The molecule has 100 valence electrons. The minimum atomic E-state index is -0.250. The van der Waals surface area contributed by atoms with Gasteiger partial charge in [0.1, 0.15) is 0 Å². The summed E-state index contributed by atoms with van der Waals surface area (Å²) in [6, 6.07) is 8.53. The van der Waals surface area contributed by atoms with Gasteiger partial charge in [0.05, 0.1) is 0 Å². The van der Waals surface area contributed by atoms with E-state index in [9.17, 15) is 0 Å². The van der Waals surface area contributed by atoms with Crippen molar-refractivity contribution in [1.82, 2.24) is 4.98 Å². The molecule has 0 fully saturated rings. The summed E-state index contributed by atoms with van der Waals surface area (Å²) in [6.45, 7) is 5.78. The van der Waals surface area contributed by atoms with Crippen molar-refractivity contribution in [1.29, 1.82) is 0 Å². The number of rotatable bonds is 2. The Morgan fingerprint density at radius 1 is 1.39 bits per heavy atom. The van der Waals surface area contributed by atoms with Gasteiger partial charge < -0.3 is 15.8 Å². The second-order valence-corrected chi connectivity index (χ2v) is 3.65. The van der Waals surface area contributed by atoms with Crippen LogP contribution in [-0.4, -0.2) is 22.6 Å². The minimum Gasteiger partial charge on any atom is -0.483 e. The molecule has 0 aliphatic heterocycles. The largest absolute Gasteiger partial charge is 0.483 e. The highest BCUT2D eigenvalue weighted by atomic mass is 16.3. The van der Waals surface area contributed by atoms with Crippen molar-refractivity contribution in [3.8, 4) is 0 Å². The second kappa shape index (κ2) is 9.24. The van der Waals surface area contributed by atoms with Crippen LogP contribution < -0.4 is 5.73 Å². The van der Waals surface area contributed by atoms with Crippen LogP contribution in [0.15, 0.2) is 30.5 Å². The van der Waals surface area contributed by atoms with E-state index in [-0.39, 0.29) is 12.5 Å². The molecule has 0 aliphatic carbocycles. The fraction of sp³-hybridized carbons (Fsp3) is 0.357. The standard InChI is InChI=1S/C11H14N2.C2H6.CH2O2/c1-8(12)6-9-7-13-11-5-3-2-4-10(9)11;1-2;2-1-3/h2-5,7-8,13H,6,12H2,1H3;1-2H3;1H,(H,2,3). The van der Waals surface area contributed by atoms with E-state index in [0.29, 0.717) is 0 Å². The van der Waals surface area contributed by atoms with Gasteiger partial charge in [-0.15, -0.1) is 0 Å². The van der Waals surface area contributed by atoms with E-state index in [0.717, 1.165) is 6.42 Å². The Hall–Kier alpha value is -1.81. The van der Waals surface area contributed by atoms with E-state index in [4.69, 9.17) is 15.6 Å². The van der Waals surface area contributed by atoms with Crippen molar-refractivity contribution >= 4 is 17.4 Å². The van der Waals surface area contributed by atoms with Crippen LogP contribution in [0, 0.1) is 0 Å². The molecule has 2 aromatic rings. The molecule has 1 aromatic carbocycles. The van der Waals surface area contributed by atoms with E-state index in [1.165, 1.54) is 16.5 Å². The number of hydrogen-bond donors (Lipinski definition) is 3. The lowest BCUT2D eigenvalue weighted by Gasteiger charge is -2.02. The van der Waals surface area contributed by atoms with Crippen molar-refractivity contribution in [2.45, 2.75) is 33.2 Å². The van der Waals surface area contributed by atoms with Crippen LogP contribution in [0.2, 0.25) is 0 Å². The fourth-order valence-corrected chi connectivity index (χ4v) is 1.65. The van der Waals surface area contributed by atoms with Gasteiger partial charge in [-0.05, 0) is 25.0 Å². The zero-order valence-corrected chi connectivity index (χ0v) is 11.2. The summed E-state index contributed by atoms with van der Waals surface area (Å²) in [5.41, 5.74) is 8.26. The number of para-hydroxylation sites is 1. The predicted octanol–water partition coefficient (Wildman–Crippen LogP) is 2.78. The highest BCUT2D eigenvalue weighted by Crippen LogP contribution is 2.18. The Balaban J connectivity index is 0.000000509. The van der Waals surface area contributed by atoms with Crippen LogP contribution in [-0.2, 0) is 11.2 Å². The van der Waals surface area contributed by atoms with Gasteiger partial charge >= 0.3 is 0 Å². The molecular weight excluding hydrogens is 228 g/mol. The first-order valence-electron chi connectivity index (χ1n) is 6.07. The Morgan fingerprint density at radius 2 is 1.94 bits per heavy atom. The van der Waals surface area contributed by atoms with E-state index < -0.39 is 0 Å². The third-order valence-electron chi connectivity index (χ3n) is 2.22. The molecule has 0 aliphatic rings. The third-order valence-corrected chi connectivity index (χ3v) is 2.22. The van der Waals surface area contributed by atoms with E-state index in [1.807, 2.05) is 33.0 Å². The fourth-order valence-electron chi connectivity index (χ4n) is 1.65. The molecule has 2 rings (SSSR count). The Kier molecular flexibility index (Phi) is 8.31. The van der Waals surface area contributed by atoms with Crippen LogP contribution in [0.4, 0.5) is 0 Å². The molecule has 0 radical (unpaired) electrons. The number of nitrogens with one attached hydrogen (secondary N) is 1. The van der Waals surface area contributed by atoms with Crippen LogP contribution in [0.5, 0.6) is 0 Å². The number of aromatic amines is 1. The summed E-state index contributed by atoms with van der Waals surface area (Å²) >= 11 is 0. The molecule has 1 heterocycles. The SMILES string of the molecule is CC.CC(N)Cc1c[nH]c2ccccc12.O=CO. The first kappa shape index (κ1) is 16.2. The lowest BCUT2D eigenvalue weighted by molar-refractivity contribution is -0.122. The quantitative estimate of drug-likeness (QED) is 0.717. The van der Waals surface area contributed by atoms with Gasteiger partial charge in [0.25, 0.3) is 6.47 Å². The number of H-pyrrole nitrogens is 1. The van der Waals surface area contributed by atoms with Gasteiger partial charge in [-0.2, -0.15) is 0 Å². The predicted molar refractivity (Wildman–Crippen MR) is 75.7 cm³/mol. The number of carbonyl (C=O) groups is 1. The van der Waals surface area contributed by atoms with Gasteiger partial charge in [-0.1, -0.05) is 32.0 Å². The number of carboxylic acid groups (broad SMARTS) is 1. The lowest BCUT2D eigenvalue weighted by Crippen LogP contribution is -2.17. The number of benzene rings is 1. The van der Waals surface area contributed by atoms with Gasteiger partial charge in [0, 0.05) is 23.1 Å². The summed E-state index contributed by atoms with van der Waals surface area (Å²) in [5.74, 6) is 0. The number of nitrogens with two attached hydrogens (primary N) is 1. The lowest BCUT2D eigenvalue weighted by atomic mass is 10.1. The summed E-state index contributed by atoms with van der Waals surface area (Å²) in [4.78, 5) is 11.6. The monoisotopic (exact) mass is 250 g/mol. The molecule has 0 amide bonds. The van der Waals surface area contributed by atoms with Crippen LogP contribution >= 0.6 is 0 Å². The van der Waals surface area contributed by atoms with Gasteiger partial charge in [-0.25, -0.2) is 0 Å². The Bertz CT molecular complexity index is 450. The highest BCUT2D eigenvalue weighted by molar-refractivity contribution is 5.83. The summed E-state index contributed by atoms with van der Waals surface area (Å²) in [7, 11) is 0. The van der Waals surface area contributed by atoms with Crippen molar-refractivity contribution < 1.29 is 9.90 Å². The molecule has 4 heteroatoms. The van der Waals surface area contributed by atoms with Crippen LogP contribution in [0.25, 0.3) is 10.9 Å². The second-order valence-electron chi connectivity index (χ2n) is 3.65. The van der Waals surface area contributed by atoms with Crippen molar-refractivity contribution in [2.75, 3.05) is 0 Å². The molecule has 0 spiro atoms. The van der Waals surface area contributed by atoms with E-state index in [2.05, 4.69) is 23.2 Å². The Labute approximate surface area is 108 Å². The van der Waals surface area contributed by atoms with Crippen molar-refractivity contribution in [3.63, 3.8) is 0 Å². The maximum atomic E-state index is 8.36. The zero-order chi connectivity index (χ0) is 14.0. The Morgan fingerprint density at radius 3 is 2.50 bits per heavy atom. The van der Waals surface area contributed by atoms with Gasteiger partial charge in [-0.3, -0.25) is 4.79 Å². The number of hydrogen-bond acceptors (Lipinski definition) is 2. The highest BCUT2D eigenvalue weighted by Gasteiger charge is 2.03. The smallest absolute Gasteiger partial charge is 0.290 e. The van der Waals surface area contributed by atoms with Gasteiger partial charge in [0.2, 0.25) is 0 Å². The molecule has 0 saturated carbocycles. The first-order chi connectivity index (χ1) is 8.69.